The van der Waals surface area contributed by atoms with Crippen molar-refractivity contribution in [2.75, 3.05) is 31.5 Å². The summed E-state index contributed by atoms with van der Waals surface area (Å²) in [6.07, 6.45) is 2.16. The average Bonchev–Trinajstić information content (AvgIpc) is 3.29. The van der Waals surface area contributed by atoms with Gasteiger partial charge in [0.25, 0.3) is 5.91 Å². The zero-order chi connectivity index (χ0) is 32.0. The lowest BCUT2D eigenvalue weighted by Gasteiger charge is -2.26. The molecule has 2 heterocycles. The van der Waals surface area contributed by atoms with E-state index >= 15 is 0 Å². The van der Waals surface area contributed by atoms with Gasteiger partial charge >= 0.3 is 0 Å². The summed E-state index contributed by atoms with van der Waals surface area (Å²) in [6.45, 7) is 12.0. The van der Waals surface area contributed by atoms with E-state index in [9.17, 15) is 23.1 Å². The second kappa shape index (κ2) is 14.9. The molecule has 2 aromatic rings. The molecule has 0 saturated carbocycles. The Bertz CT molecular complexity index is 1400. The van der Waals surface area contributed by atoms with Crippen LogP contribution in [-0.4, -0.2) is 80.6 Å². The van der Waals surface area contributed by atoms with Crippen LogP contribution < -0.4 is 20.7 Å². The number of sulfonamides is 1. The maximum atomic E-state index is 13.5. The van der Waals surface area contributed by atoms with Crippen molar-refractivity contribution >= 4 is 27.5 Å². The minimum Gasteiger partial charge on any atom is -0.390 e. The lowest BCUT2D eigenvalue weighted by Crippen LogP contribution is -2.53. The lowest BCUT2D eigenvalue weighted by atomic mass is 9.99. The van der Waals surface area contributed by atoms with E-state index in [2.05, 4.69) is 20.7 Å². The fraction of sp³-hybridized carbons (Fsp3) is 0.576. The molecule has 0 radical (unpaired) electrons. The van der Waals surface area contributed by atoms with Gasteiger partial charge in [0.05, 0.1) is 17.0 Å². The van der Waals surface area contributed by atoms with Crippen LogP contribution in [-0.2, 0) is 21.2 Å². The molecule has 10 nitrogen and oxygen atoms in total. The first kappa shape index (κ1) is 33.9. The summed E-state index contributed by atoms with van der Waals surface area (Å²) in [5.41, 5.74) is 3.64. The molecule has 242 valence electrons. The predicted octanol–water partition coefficient (Wildman–Crippen LogP) is 3.05. The highest BCUT2D eigenvalue weighted by atomic mass is 32.2. The van der Waals surface area contributed by atoms with Crippen LogP contribution >= 0.6 is 0 Å². The molecule has 1 fully saturated rings. The molecule has 11 heteroatoms. The van der Waals surface area contributed by atoms with Crippen molar-refractivity contribution < 1.29 is 23.1 Å². The number of amides is 2. The molecular formula is C33H49N5O5S. The van der Waals surface area contributed by atoms with Crippen LogP contribution in [0.2, 0.25) is 0 Å². The number of β-amino-alcohol motifs (C(OH)–C–C–N with tert-alkyl or cyclic N) is 1. The van der Waals surface area contributed by atoms with Gasteiger partial charge in [-0.3, -0.25) is 14.5 Å². The smallest absolute Gasteiger partial charge is 0.251 e. The number of fused-ring (bicyclic) bond motifs is 1. The van der Waals surface area contributed by atoms with Gasteiger partial charge in [-0.25, -0.2) is 13.1 Å². The van der Waals surface area contributed by atoms with Crippen molar-refractivity contribution in [1.29, 1.82) is 0 Å². The molecule has 2 unspecified atom stereocenters. The topological polar surface area (TPSA) is 140 Å². The van der Waals surface area contributed by atoms with Gasteiger partial charge in [-0.1, -0.05) is 45.4 Å². The van der Waals surface area contributed by atoms with Crippen molar-refractivity contribution in [3.05, 3.63) is 59.2 Å². The Labute approximate surface area is 262 Å². The molecule has 44 heavy (non-hydrogen) atoms. The number of hydrogen-bond donors (Lipinski definition) is 5. The minimum absolute atomic E-state index is 0.155. The van der Waals surface area contributed by atoms with Crippen LogP contribution in [0, 0.1) is 18.8 Å². The van der Waals surface area contributed by atoms with Gasteiger partial charge in [-0.15, -0.1) is 0 Å². The summed E-state index contributed by atoms with van der Waals surface area (Å²) in [7, 11) is -3.72. The molecule has 2 amide bonds. The molecule has 0 bridgehead atoms. The number of aliphatic hydroxyl groups excluding tert-OH is 1. The highest BCUT2D eigenvalue weighted by Crippen LogP contribution is 2.23. The number of hydrogen-bond acceptors (Lipinski definition) is 7. The lowest BCUT2D eigenvalue weighted by molar-refractivity contribution is -0.124. The summed E-state index contributed by atoms with van der Waals surface area (Å²) in [6, 6.07) is 10.7. The Hall–Kier alpha value is -2.99. The van der Waals surface area contributed by atoms with E-state index in [-0.39, 0.29) is 34.6 Å². The third-order valence-electron chi connectivity index (χ3n) is 8.21. The standard InChI is InChI=1S/C33H49N5O5S/c1-21(2)15-26(37-44(42,43)27-11-8-23(5)9-12-27)18-38-19-30(31(39)20-38)36-33(41)29(16-22(3)4)35-32(40)25-10-13-28-24(17-25)7-6-14-34-28/h8-13,17,21-22,26,29-31,34,37,39H,6-7,14-16,18-20H2,1-5H3,(H,35,40)(H,36,41)/t26-,29-,30?,31?/m0/s1. The second-order valence-electron chi connectivity index (χ2n) is 13.2. The molecule has 4 atom stereocenters. The van der Waals surface area contributed by atoms with Crippen molar-refractivity contribution in [1.82, 2.24) is 20.3 Å². The number of aryl methyl sites for hydroxylation is 2. The van der Waals surface area contributed by atoms with Crippen LogP contribution in [0.3, 0.4) is 0 Å². The number of carbonyl (C=O) groups is 2. The highest BCUT2D eigenvalue weighted by molar-refractivity contribution is 7.89. The van der Waals surface area contributed by atoms with E-state index in [4.69, 9.17) is 0 Å². The molecule has 2 aromatic carbocycles. The third kappa shape index (κ3) is 9.26. The first-order valence-corrected chi connectivity index (χ1v) is 17.3. The van der Waals surface area contributed by atoms with Crippen LogP contribution in [0.15, 0.2) is 47.4 Å². The van der Waals surface area contributed by atoms with E-state index in [0.717, 1.165) is 36.2 Å². The largest absolute Gasteiger partial charge is 0.390 e. The van der Waals surface area contributed by atoms with Crippen molar-refractivity contribution in [2.24, 2.45) is 11.8 Å². The maximum absolute atomic E-state index is 13.5. The summed E-state index contributed by atoms with van der Waals surface area (Å²) in [5, 5.41) is 20.1. The highest BCUT2D eigenvalue weighted by Gasteiger charge is 2.36. The normalized spacial score (nSPS) is 20.2. The first-order chi connectivity index (χ1) is 20.8. The van der Waals surface area contributed by atoms with Crippen molar-refractivity contribution in [2.45, 2.75) is 89.4 Å². The van der Waals surface area contributed by atoms with Gasteiger partial charge in [0.1, 0.15) is 6.04 Å². The number of aliphatic hydroxyl groups is 1. The molecule has 0 aromatic heterocycles. The summed E-state index contributed by atoms with van der Waals surface area (Å²) < 4.78 is 29.1. The molecule has 4 rings (SSSR count). The van der Waals surface area contributed by atoms with Crippen LogP contribution in [0.25, 0.3) is 0 Å². The molecule has 0 spiro atoms. The quantitative estimate of drug-likeness (QED) is 0.230. The SMILES string of the molecule is Cc1ccc(S(=O)(=O)N[C@@H](CC(C)C)CN2CC(O)C(NC(=O)[C@H](CC(C)C)NC(=O)c3ccc4c(c3)CCCN4)C2)cc1. The molecule has 5 N–H and O–H groups in total. The molecule has 2 aliphatic rings. The summed E-state index contributed by atoms with van der Waals surface area (Å²) >= 11 is 0. The Morgan fingerprint density at radius 2 is 1.73 bits per heavy atom. The number of nitrogens with one attached hydrogen (secondary N) is 4. The van der Waals surface area contributed by atoms with Crippen molar-refractivity contribution in [3.63, 3.8) is 0 Å². The number of anilines is 1. The van der Waals surface area contributed by atoms with Crippen LogP contribution in [0.5, 0.6) is 0 Å². The Morgan fingerprint density at radius 1 is 1.02 bits per heavy atom. The zero-order valence-corrected chi connectivity index (χ0v) is 27.4. The number of carbonyl (C=O) groups excluding carboxylic acids is 2. The van der Waals surface area contributed by atoms with Crippen molar-refractivity contribution in [3.8, 4) is 0 Å². The number of benzene rings is 2. The molecule has 0 aliphatic carbocycles. The summed E-state index contributed by atoms with van der Waals surface area (Å²) in [4.78, 5) is 28.9. The second-order valence-corrected chi connectivity index (χ2v) is 14.9. The molecule has 2 aliphatic heterocycles. The Kier molecular flexibility index (Phi) is 11.4. The van der Waals surface area contributed by atoms with Crippen LogP contribution in [0.1, 0.15) is 68.4 Å². The number of likely N-dealkylation sites (tertiary alicyclic amines) is 1. The van der Waals surface area contributed by atoms with Gasteiger partial charge < -0.3 is 21.1 Å². The first-order valence-electron chi connectivity index (χ1n) is 15.8. The number of nitrogens with zero attached hydrogens (tertiary/aromatic N) is 1. The van der Waals surface area contributed by atoms with E-state index in [1.165, 1.54) is 0 Å². The van der Waals surface area contributed by atoms with E-state index in [1.807, 2.05) is 51.7 Å². The van der Waals surface area contributed by atoms with Gasteiger partial charge in [-0.2, -0.15) is 0 Å². The van der Waals surface area contributed by atoms with Gasteiger partial charge in [0.2, 0.25) is 15.9 Å². The fourth-order valence-corrected chi connectivity index (χ4v) is 7.29. The summed E-state index contributed by atoms with van der Waals surface area (Å²) in [5.74, 6) is -0.237. The van der Waals surface area contributed by atoms with E-state index < -0.39 is 28.2 Å². The van der Waals surface area contributed by atoms with E-state index in [0.29, 0.717) is 38.0 Å². The monoisotopic (exact) mass is 627 g/mol. The molecular weight excluding hydrogens is 578 g/mol. The van der Waals surface area contributed by atoms with Gasteiger partial charge in [0.15, 0.2) is 0 Å². The fourth-order valence-electron chi connectivity index (χ4n) is 6.05. The molecule has 1 saturated heterocycles. The third-order valence-corrected chi connectivity index (χ3v) is 9.75. The number of rotatable bonds is 13. The van der Waals surface area contributed by atoms with E-state index in [1.54, 1.807) is 30.3 Å². The predicted molar refractivity (Wildman–Crippen MR) is 173 cm³/mol. The van der Waals surface area contributed by atoms with Gasteiger partial charge in [-0.05, 0) is 80.3 Å². The minimum atomic E-state index is -3.72. The van der Waals surface area contributed by atoms with Crippen LogP contribution in [0.4, 0.5) is 5.69 Å². The maximum Gasteiger partial charge on any atom is 0.251 e. The van der Waals surface area contributed by atoms with Gasteiger partial charge in [0, 0.05) is 43.5 Å². The zero-order valence-electron chi connectivity index (χ0n) is 26.6. The average molecular weight is 628 g/mol. The Balaban J connectivity index is 1.38. The Morgan fingerprint density at radius 3 is 2.41 bits per heavy atom.